The second-order valence-corrected chi connectivity index (χ2v) is 5.42. The van der Waals surface area contributed by atoms with Crippen LogP contribution >= 0.6 is 23.2 Å². The summed E-state index contributed by atoms with van der Waals surface area (Å²) in [5.41, 5.74) is 8.44. The molecule has 3 nitrogen and oxygen atoms in total. The van der Waals surface area contributed by atoms with Crippen molar-refractivity contribution in [3.8, 4) is 5.75 Å². The summed E-state index contributed by atoms with van der Waals surface area (Å²) in [4.78, 5) is 4.38. The van der Waals surface area contributed by atoms with Crippen LogP contribution in [0.4, 0.5) is 5.69 Å². The fourth-order valence-electron chi connectivity index (χ4n) is 2.12. The molecule has 0 bridgehead atoms. The summed E-state index contributed by atoms with van der Waals surface area (Å²) in [5.74, 6) is 0.585. The molecule has 5 heteroatoms. The van der Waals surface area contributed by atoms with Gasteiger partial charge in [-0.05, 0) is 36.4 Å². The lowest BCUT2D eigenvalue weighted by Crippen LogP contribution is -1.99. The Morgan fingerprint density at radius 2 is 1.95 bits per heavy atom. The van der Waals surface area contributed by atoms with E-state index in [-0.39, 0.29) is 0 Å². The number of anilines is 1. The average Bonchev–Trinajstić information content (AvgIpc) is 2.48. The third-order valence-corrected chi connectivity index (χ3v) is 3.69. The van der Waals surface area contributed by atoms with E-state index in [0.717, 1.165) is 16.5 Å². The standard InChI is InChI=1S/C16H12Cl2N2O/c17-11-4-6-15(13(18)8-11)21-9-10-3-5-14(19)12-2-1-7-20-16(10)12/h1-8H,9,19H2. The van der Waals surface area contributed by atoms with E-state index in [1.54, 1.807) is 24.4 Å². The molecule has 3 aromatic rings. The fraction of sp³-hybridized carbons (Fsp3) is 0.0625. The highest BCUT2D eigenvalue weighted by molar-refractivity contribution is 6.35. The van der Waals surface area contributed by atoms with E-state index in [9.17, 15) is 0 Å². The number of aromatic nitrogens is 1. The van der Waals surface area contributed by atoms with Crippen LogP contribution < -0.4 is 10.5 Å². The Balaban J connectivity index is 1.90. The molecule has 0 radical (unpaired) electrons. The molecule has 2 N–H and O–H groups in total. The molecule has 0 aliphatic rings. The van der Waals surface area contributed by atoms with E-state index < -0.39 is 0 Å². The van der Waals surface area contributed by atoms with Crippen LogP contribution in [0.25, 0.3) is 10.9 Å². The number of nitrogens with two attached hydrogens (primary N) is 1. The highest BCUT2D eigenvalue weighted by Gasteiger charge is 2.07. The number of nitrogens with zero attached hydrogens (tertiary/aromatic N) is 1. The van der Waals surface area contributed by atoms with Gasteiger partial charge in [-0.2, -0.15) is 0 Å². The quantitative estimate of drug-likeness (QED) is 0.712. The molecule has 0 atom stereocenters. The number of ether oxygens (including phenoxy) is 1. The minimum Gasteiger partial charge on any atom is -0.487 e. The van der Waals surface area contributed by atoms with Gasteiger partial charge in [-0.25, -0.2) is 0 Å². The van der Waals surface area contributed by atoms with Gasteiger partial charge in [0.2, 0.25) is 0 Å². The zero-order valence-corrected chi connectivity index (χ0v) is 12.5. The maximum absolute atomic E-state index is 6.09. The Morgan fingerprint density at radius 1 is 1.10 bits per heavy atom. The second kappa shape index (κ2) is 5.80. The Hall–Kier alpha value is -1.97. The van der Waals surface area contributed by atoms with Crippen molar-refractivity contribution in [3.05, 3.63) is 64.3 Å². The number of fused-ring (bicyclic) bond motifs is 1. The van der Waals surface area contributed by atoms with E-state index in [1.165, 1.54) is 0 Å². The van der Waals surface area contributed by atoms with E-state index >= 15 is 0 Å². The van der Waals surface area contributed by atoms with Crippen molar-refractivity contribution in [1.82, 2.24) is 4.98 Å². The number of rotatable bonds is 3. The molecule has 2 aromatic carbocycles. The second-order valence-electron chi connectivity index (χ2n) is 4.58. The first-order valence-electron chi connectivity index (χ1n) is 6.35. The van der Waals surface area contributed by atoms with Crippen molar-refractivity contribution in [2.45, 2.75) is 6.61 Å². The minimum atomic E-state index is 0.356. The van der Waals surface area contributed by atoms with E-state index in [0.29, 0.717) is 28.1 Å². The SMILES string of the molecule is Nc1ccc(COc2ccc(Cl)cc2Cl)c2ncccc12. The fourth-order valence-corrected chi connectivity index (χ4v) is 2.58. The van der Waals surface area contributed by atoms with E-state index in [4.69, 9.17) is 33.7 Å². The van der Waals surface area contributed by atoms with Crippen molar-refractivity contribution in [2.24, 2.45) is 0 Å². The van der Waals surface area contributed by atoms with Crippen molar-refractivity contribution in [3.63, 3.8) is 0 Å². The average molecular weight is 319 g/mol. The predicted octanol–water partition coefficient (Wildman–Crippen LogP) is 4.70. The number of halogens is 2. The normalized spacial score (nSPS) is 10.8. The lowest BCUT2D eigenvalue weighted by Gasteiger charge is -2.11. The zero-order valence-electron chi connectivity index (χ0n) is 11.0. The Labute approximate surface area is 132 Å². The summed E-state index contributed by atoms with van der Waals surface area (Å²) < 4.78 is 5.75. The highest BCUT2D eigenvalue weighted by atomic mass is 35.5. The summed E-state index contributed by atoms with van der Waals surface area (Å²) in [7, 11) is 0. The number of pyridine rings is 1. The Bertz CT molecular complexity index is 805. The Morgan fingerprint density at radius 3 is 2.76 bits per heavy atom. The lowest BCUT2D eigenvalue weighted by molar-refractivity contribution is 0.307. The smallest absolute Gasteiger partial charge is 0.138 e. The summed E-state index contributed by atoms with van der Waals surface area (Å²) in [5, 5.41) is 1.97. The van der Waals surface area contributed by atoms with Gasteiger partial charge < -0.3 is 10.5 Å². The van der Waals surface area contributed by atoms with Gasteiger partial charge in [-0.1, -0.05) is 29.3 Å². The number of nitrogen functional groups attached to an aromatic ring is 1. The first-order valence-corrected chi connectivity index (χ1v) is 7.10. The van der Waals surface area contributed by atoms with Crippen LogP contribution in [0.15, 0.2) is 48.7 Å². The monoisotopic (exact) mass is 318 g/mol. The van der Waals surface area contributed by atoms with Gasteiger partial charge in [0.05, 0.1) is 10.5 Å². The molecule has 3 rings (SSSR count). The molecule has 0 amide bonds. The largest absolute Gasteiger partial charge is 0.487 e. The van der Waals surface area contributed by atoms with Crippen LogP contribution in [-0.2, 0) is 6.61 Å². The summed E-state index contributed by atoms with van der Waals surface area (Å²) in [6.45, 7) is 0.356. The third-order valence-electron chi connectivity index (χ3n) is 3.16. The van der Waals surface area contributed by atoms with Gasteiger partial charge in [0.25, 0.3) is 0 Å². The number of hydrogen-bond acceptors (Lipinski definition) is 3. The predicted molar refractivity (Wildman–Crippen MR) is 86.9 cm³/mol. The highest BCUT2D eigenvalue weighted by Crippen LogP contribution is 2.29. The molecule has 21 heavy (non-hydrogen) atoms. The van der Waals surface area contributed by atoms with Crippen molar-refractivity contribution >= 4 is 39.8 Å². The molecule has 106 valence electrons. The van der Waals surface area contributed by atoms with Crippen molar-refractivity contribution < 1.29 is 4.74 Å². The van der Waals surface area contributed by atoms with Gasteiger partial charge in [-0.3, -0.25) is 4.98 Å². The van der Waals surface area contributed by atoms with Gasteiger partial charge >= 0.3 is 0 Å². The minimum absolute atomic E-state index is 0.356. The molecule has 0 unspecified atom stereocenters. The van der Waals surface area contributed by atoms with E-state index in [2.05, 4.69) is 4.98 Å². The van der Waals surface area contributed by atoms with Crippen LogP contribution in [0.2, 0.25) is 10.0 Å². The number of hydrogen-bond donors (Lipinski definition) is 1. The topological polar surface area (TPSA) is 48.1 Å². The molecule has 0 aliphatic heterocycles. The first-order chi connectivity index (χ1) is 10.1. The maximum atomic E-state index is 6.09. The molecular weight excluding hydrogens is 307 g/mol. The third kappa shape index (κ3) is 2.89. The Kier molecular flexibility index (Phi) is 3.86. The van der Waals surface area contributed by atoms with Gasteiger partial charge in [-0.15, -0.1) is 0 Å². The van der Waals surface area contributed by atoms with Gasteiger partial charge in [0.1, 0.15) is 12.4 Å². The molecule has 0 saturated carbocycles. The van der Waals surface area contributed by atoms with Gasteiger partial charge in [0, 0.05) is 27.9 Å². The van der Waals surface area contributed by atoms with Crippen molar-refractivity contribution in [2.75, 3.05) is 5.73 Å². The molecule has 1 heterocycles. The van der Waals surface area contributed by atoms with Crippen LogP contribution in [-0.4, -0.2) is 4.98 Å². The van der Waals surface area contributed by atoms with Crippen LogP contribution in [0.3, 0.4) is 0 Å². The molecule has 0 fully saturated rings. The molecule has 0 saturated heterocycles. The molecular formula is C16H12Cl2N2O. The molecule has 0 aliphatic carbocycles. The maximum Gasteiger partial charge on any atom is 0.138 e. The zero-order chi connectivity index (χ0) is 14.8. The summed E-state index contributed by atoms with van der Waals surface area (Å²) >= 11 is 12.0. The lowest BCUT2D eigenvalue weighted by atomic mass is 10.1. The van der Waals surface area contributed by atoms with Crippen LogP contribution in [0.5, 0.6) is 5.75 Å². The molecule has 1 aromatic heterocycles. The number of benzene rings is 2. The van der Waals surface area contributed by atoms with Crippen molar-refractivity contribution in [1.29, 1.82) is 0 Å². The van der Waals surface area contributed by atoms with Gasteiger partial charge in [0.15, 0.2) is 0 Å². The van der Waals surface area contributed by atoms with Crippen LogP contribution in [0.1, 0.15) is 5.56 Å². The first kappa shape index (κ1) is 14.0. The van der Waals surface area contributed by atoms with E-state index in [1.807, 2.05) is 24.3 Å². The summed E-state index contributed by atoms with van der Waals surface area (Å²) in [6.07, 6.45) is 1.74. The molecule has 0 spiro atoms. The summed E-state index contributed by atoms with van der Waals surface area (Å²) in [6, 6.07) is 12.7. The van der Waals surface area contributed by atoms with Crippen LogP contribution in [0, 0.1) is 0 Å².